The van der Waals surface area contributed by atoms with Crippen LogP contribution in [0.2, 0.25) is 0 Å². The highest BCUT2D eigenvalue weighted by molar-refractivity contribution is 4.70. The third-order valence-corrected chi connectivity index (χ3v) is 2.65. The number of hydrogen-bond donors (Lipinski definition) is 1. The first kappa shape index (κ1) is 11.0. The summed E-state index contributed by atoms with van der Waals surface area (Å²) in [6, 6.07) is 0.603. The maximum Gasteiger partial charge on any atom is 0.0619 e. The molecule has 3 nitrogen and oxygen atoms in total. The SMILES string of the molecule is CC1COCCN1CCCCCN. The molecule has 1 unspecified atom stereocenters. The summed E-state index contributed by atoms with van der Waals surface area (Å²) in [4.78, 5) is 2.51. The molecule has 1 aliphatic heterocycles. The summed E-state index contributed by atoms with van der Waals surface area (Å²) < 4.78 is 5.38. The predicted octanol–water partition coefficient (Wildman–Crippen LogP) is 0.836. The molecule has 0 aromatic carbocycles. The van der Waals surface area contributed by atoms with Gasteiger partial charge in [-0.15, -0.1) is 0 Å². The lowest BCUT2D eigenvalue weighted by atomic mass is 10.2. The number of unbranched alkanes of at least 4 members (excludes halogenated alkanes) is 2. The van der Waals surface area contributed by atoms with Crippen molar-refractivity contribution in [1.29, 1.82) is 0 Å². The van der Waals surface area contributed by atoms with Gasteiger partial charge >= 0.3 is 0 Å². The summed E-state index contributed by atoms with van der Waals surface area (Å²) in [6.45, 7) is 7.19. The van der Waals surface area contributed by atoms with Gasteiger partial charge in [0.25, 0.3) is 0 Å². The maximum absolute atomic E-state index is 5.44. The lowest BCUT2D eigenvalue weighted by Gasteiger charge is -2.33. The van der Waals surface area contributed by atoms with Gasteiger partial charge < -0.3 is 10.5 Å². The van der Waals surface area contributed by atoms with E-state index in [-0.39, 0.29) is 0 Å². The Morgan fingerprint density at radius 1 is 1.38 bits per heavy atom. The Bertz CT molecular complexity index is 130. The average Bonchev–Trinajstić information content (AvgIpc) is 2.15. The summed E-state index contributed by atoms with van der Waals surface area (Å²) in [5.41, 5.74) is 5.44. The number of nitrogens with zero attached hydrogens (tertiary/aromatic N) is 1. The first-order valence-electron chi connectivity index (χ1n) is 5.36. The molecule has 0 aromatic heterocycles. The third kappa shape index (κ3) is 4.07. The Balaban J connectivity index is 2.05. The van der Waals surface area contributed by atoms with E-state index in [2.05, 4.69) is 11.8 Å². The zero-order chi connectivity index (χ0) is 9.52. The number of rotatable bonds is 5. The van der Waals surface area contributed by atoms with Crippen molar-refractivity contribution >= 4 is 0 Å². The van der Waals surface area contributed by atoms with Gasteiger partial charge in [-0.1, -0.05) is 6.42 Å². The van der Waals surface area contributed by atoms with Crippen LogP contribution in [0.1, 0.15) is 26.2 Å². The van der Waals surface area contributed by atoms with E-state index < -0.39 is 0 Å². The Labute approximate surface area is 81.2 Å². The smallest absolute Gasteiger partial charge is 0.0619 e. The van der Waals surface area contributed by atoms with Gasteiger partial charge in [0, 0.05) is 12.6 Å². The van der Waals surface area contributed by atoms with Crippen LogP contribution in [0.15, 0.2) is 0 Å². The Morgan fingerprint density at radius 3 is 2.92 bits per heavy atom. The molecule has 1 aliphatic rings. The number of morpholine rings is 1. The molecule has 0 bridgehead atoms. The normalized spacial score (nSPS) is 24.9. The zero-order valence-electron chi connectivity index (χ0n) is 8.67. The van der Waals surface area contributed by atoms with Gasteiger partial charge in [0.05, 0.1) is 13.2 Å². The van der Waals surface area contributed by atoms with Gasteiger partial charge in [-0.3, -0.25) is 4.90 Å². The number of ether oxygens (including phenoxy) is 1. The molecule has 0 aliphatic carbocycles. The van der Waals surface area contributed by atoms with E-state index in [9.17, 15) is 0 Å². The molecule has 78 valence electrons. The van der Waals surface area contributed by atoms with Crippen LogP contribution in [-0.4, -0.2) is 43.8 Å². The molecule has 0 aromatic rings. The highest BCUT2D eigenvalue weighted by atomic mass is 16.5. The molecular weight excluding hydrogens is 164 g/mol. The van der Waals surface area contributed by atoms with Crippen LogP contribution in [-0.2, 0) is 4.74 Å². The Hall–Kier alpha value is -0.120. The van der Waals surface area contributed by atoms with Gasteiger partial charge in [-0.2, -0.15) is 0 Å². The average molecular weight is 186 g/mol. The van der Waals surface area contributed by atoms with Gasteiger partial charge in [0.1, 0.15) is 0 Å². The van der Waals surface area contributed by atoms with Crippen LogP contribution in [0.3, 0.4) is 0 Å². The zero-order valence-corrected chi connectivity index (χ0v) is 8.67. The van der Waals surface area contributed by atoms with Gasteiger partial charge in [0.15, 0.2) is 0 Å². The first-order chi connectivity index (χ1) is 6.34. The predicted molar refractivity (Wildman–Crippen MR) is 54.8 cm³/mol. The first-order valence-corrected chi connectivity index (χ1v) is 5.36. The van der Waals surface area contributed by atoms with Crippen molar-refractivity contribution in [3.8, 4) is 0 Å². The number of nitrogens with two attached hydrogens (primary N) is 1. The highest BCUT2D eigenvalue weighted by Crippen LogP contribution is 2.07. The van der Waals surface area contributed by atoms with E-state index in [0.717, 1.165) is 26.3 Å². The van der Waals surface area contributed by atoms with Crippen LogP contribution in [0, 0.1) is 0 Å². The van der Waals surface area contributed by atoms with E-state index in [0.29, 0.717) is 6.04 Å². The molecule has 0 saturated carbocycles. The molecule has 0 radical (unpaired) electrons. The van der Waals surface area contributed by atoms with E-state index >= 15 is 0 Å². The number of hydrogen-bond acceptors (Lipinski definition) is 3. The molecule has 13 heavy (non-hydrogen) atoms. The van der Waals surface area contributed by atoms with Gasteiger partial charge in [-0.05, 0) is 32.9 Å². The lowest BCUT2D eigenvalue weighted by Crippen LogP contribution is -2.43. The lowest BCUT2D eigenvalue weighted by molar-refractivity contribution is -0.000885. The summed E-state index contributed by atoms with van der Waals surface area (Å²) in [5.74, 6) is 0. The monoisotopic (exact) mass is 186 g/mol. The standard InChI is InChI=1S/C10H22N2O/c1-10-9-13-8-7-12(10)6-4-2-3-5-11/h10H,2-9,11H2,1H3. The van der Waals surface area contributed by atoms with Crippen molar-refractivity contribution < 1.29 is 4.74 Å². The topological polar surface area (TPSA) is 38.5 Å². The Morgan fingerprint density at radius 2 is 2.23 bits per heavy atom. The minimum atomic E-state index is 0.603. The molecule has 1 atom stereocenters. The largest absolute Gasteiger partial charge is 0.379 e. The van der Waals surface area contributed by atoms with Crippen LogP contribution < -0.4 is 5.73 Å². The molecular formula is C10H22N2O. The van der Waals surface area contributed by atoms with Crippen LogP contribution in [0.25, 0.3) is 0 Å². The quantitative estimate of drug-likeness (QED) is 0.647. The molecule has 0 spiro atoms. The third-order valence-electron chi connectivity index (χ3n) is 2.65. The molecule has 2 N–H and O–H groups in total. The van der Waals surface area contributed by atoms with Crippen molar-refractivity contribution in [2.24, 2.45) is 5.73 Å². The fourth-order valence-electron chi connectivity index (χ4n) is 1.73. The molecule has 3 heteroatoms. The minimum absolute atomic E-state index is 0.603. The fourth-order valence-corrected chi connectivity index (χ4v) is 1.73. The van der Waals surface area contributed by atoms with Crippen molar-refractivity contribution in [1.82, 2.24) is 4.90 Å². The molecule has 1 fully saturated rings. The van der Waals surface area contributed by atoms with Crippen molar-refractivity contribution in [3.63, 3.8) is 0 Å². The van der Waals surface area contributed by atoms with Gasteiger partial charge in [0.2, 0.25) is 0 Å². The molecule has 1 rings (SSSR count). The van der Waals surface area contributed by atoms with Crippen LogP contribution in [0.4, 0.5) is 0 Å². The minimum Gasteiger partial charge on any atom is -0.379 e. The van der Waals surface area contributed by atoms with Crippen LogP contribution >= 0.6 is 0 Å². The van der Waals surface area contributed by atoms with Crippen LogP contribution in [0.5, 0.6) is 0 Å². The van der Waals surface area contributed by atoms with E-state index in [1.165, 1.54) is 25.8 Å². The van der Waals surface area contributed by atoms with Gasteiger partial charge in [-0.25, -0.2) is 0 Å². The Kier molecular flexibility index (Phi) is 5.35. The molecule has 0 amide bonds. The van der Waals surface area contributed by atoms with E-state index in [1.807, 2.05) is 0 Å². The molecule has 1 saturated heterocycles. The molecule has 1 heterocycles. The van der Waals surface area contributed by atoms with Crippen molar-refractivity contribution in [2.45, 2.75) is 32.2 Å². The van der Waals surface area contributed by atoms with Crippen molar-refractivity contribution in [2.75, 3.05) is 32.8 Å². The van der Waals surface area contributed by atoms with E-state index in [4.69, 9.17) is 10.5 Å². The second kappa shape index (κ2) is 6.35. The van der Waals surface area contributed by atoms with E-state index in [1.54, 1.807) is 0 Å². The fraction of sp³-hybridized carbons (Fsp3) is 1.00. The highest BCUT2D eigenvalue weighted by Gasteiger charge is 2.17. The second-order valence-electron chi connectivity index (χ2n) is 3.81. The maximum atomic E-state index is 5.44. The summed E-state index contributed by atoms with van der Waals surface area (Å²) >= 11 is 0. The summed E-state index contributed by atoms with van der Waals surface area (Å²) in [5, 5.41) is 0. The summed E-state index contributed by atoms with van der Waals surface area (Å²) in [6.07, 6.45) is 3.71. The van der Waals surface area contributed by atoms with Crippen molar-refractivity contribution in [3.05, 3.63) is 0 Å². The second-order valence-corrected chi connectivity index (χ2v) is 3.81. The summed E-state index contributed by atoms with van der Waals surface area (Å²) in [7, 11) is 0.